The number of anilines is 1. The first-order valence-corrected chi connectivity index (χ1v) is 6.36. The summed E-state index contributed by atoms with van der Waals surface area (Å²) in [4.78, 5) is 8.29. The lowest BCUT2D eigenvalue weighted by molar-refractivity contribution is 0.442. The minimum atomic E-state index is 0.499. The fourth-order valence-electron chi connectivity index (χ4n) is 2.04. The van der Waals surface area contributed by atoms with Gasteiger partial charge < -0.3 is 15.6 Å². The van der Waals surface area contributed by atoms with Gasteiger partial charge in [-0.05, 0) is 18.1 Å². The van der Waals surface area contributed by atoms with Gasteiger partial charge in [-0.15, -0.1) is 0 Å². The van der Waals surface area contributed by atoms with Gasteiger partial charge in [-0.25, -0.2) is 4.98 Å². The van der Waals surface area contributed by atoms with Crippen molar-refractivity contribution in [2.75, 3.05) is 5.32 Å². The number of benzene rings is 1. The van der Waals surface area contributed by atoms with E-state index in [9.17, 15) is 0 Å². The number of hydrogen-bond acceptors (Lipinski definition) is 6. The van der Waals surface area contributed by atoms with E-state index >= 15 is 0 Å². The van der Waals surface area contributed by atoms with E-state index in [1.807, 2.05) is 31.2 Å². The lowest BCUT2D eigenvalue weighted by Gasteiger charge is -2.07. The molecular weight excluding hydrogens is 254 g/mol. The molecule has 0 saturated heterocycles. The molecule has 0 bridgehead atoms. The number of nitrogens with zero attached hydrogens (tertiary/aromatic N) is 3. The third-order valence-corrected chi connectivity index (χ3v) is 3.16. The molecule has 0 aliphatic carbocycles. The largest absolute Gasteiger partial charge is 0.365 e. The summed E-state index contributed by atoms with van der Waals surface area (Å²) < 4.78 is 5.12. The Kier molecular flexibility index (Phi) is 3.30. The highest BCUT2D eigenvalue weighted by Crippen LogP contribution is 2.22. The molecule has 102 valence electrons. The lowest BCUT2D eigenvalue weighted by atomic mass is 10.1. The van der Waals surface area contributed by atoms with Crippen LogP contribution in [0.5, 0.6) is 0 Å². The highest BCUT2D eigenvalue weighted by Gasteiger charge is 2.11. The van der Waals surface area contributed by atoms with Crippen molar-refractivity contribution in [1.29, 1.82) is 0 Å². The summed E-state index contributed by atoms with van der Waals surface area (Å²) in [5.41, 5.74) is 9.13. The number of fused-ring (bicyclic) bond motifs is 1. The number of aromatic nitrogens is 3. The summed E-state index contributed by atoms with van der Waals surface area (Å²) in [5, 5.41) is 8.01. The Morgan fingerprint density at radius 2 is 1.90 bits per heavy atom. The Labute approximate surface area is 116 Å². The van der Waals surface area contributed by atoms with Gasteiger partial charge in [0.25, 0.3) is 5.71 Å². The second-order valence-electron chi connectivity index (χ2n) is 4.54. The lowest BCUT2D eigenvalue weighted by Crippen LogP contribution is -2.03. The molecule has 3 rings (SSSR count). The van der Waals surface area contributed by atoms with Crippen molar-refractivity contribution in [3.63, 3.8) is 0 Å². The van der Waals surface area contributed by atoms with Crippen molar-refractivity contribution in [2.45, 2.75) is 20.0 Å². The molecular formula is C14H15N5O. The SMILES string of the molecule is Cc1noc2ncnc(NCc3ccc(CN)cc3)c12. The van der Waals surface area contributed by atoms with Crippen LogP contribution < -0.4 is 11.1 Å². The molecule has 3 N–H and O–H groups in total. The minimum absolute atomic E-state index is 0.499. The third-order valence-electron chi connectivity index (χ3n) is 3.16. The van der Waals surface area contributed by atoms with E-state index in [0.717, 1.165) is 28.0 Å². The summed E-state index contributed by atoms with van der Waals surface area (Å²) in [7, 11) is 0. The summed E-state index contributed by atoms with van der Waals surface area (Å²) in [6.07, 6.45) is 1.47. The Bertz CT molecular complexity index is 720. The topological polar surface area (TPSA) is 89.9 Å². The van der Waals surface area contributed by atoms with Gasteiger partial charge in [0.15, 0.2) is 0 Å². The average molecular weight is 269 g/mol. The zero-order valence-electron chi connectivity index (χ0n) is 11.1. The van der Waals surface area contributed by atoms with Gasteiger partial charge in [-0.1, -0.05) is 29.4 Å². The molecule has 0 unspecified atom stereocenters. The second-order valence-corrected chi connectivity index (χ2v) is 4.54. The molecule has 3 aromatic rings. The zero-order chi connectivity index (χ0) is 13.9. The normalized spacial score (nSPS) is 10.9. The molecule has 1 aromatic carbocycles. The van der Waals surface area contributed by atoms with Gasteiger partial charge in [-0.3, -0.25) is 0 Å². The van der Waals surface area contributed by atoms with Crippen LogP contribution in [0.3, 0.4) is 0 Å². The van der Waals surface area contributed by atoms with Crippen LogP contribution in [0.15, 0.2) is 35.1 Å². The predicted molar refractivity (Wildman–Crippen MR) is 76.0 cm³/mol. The van der Waals surface area contributed by atoms with E-state index in [-0.39, 0.29) is 0 Å². The molecule has 0 fully saturated rings. The summed E-state index contributed by atoms with van der Waals surface area (Å²) in [5.74, 6) is 0.733. The molecule has 6 nitrogen and oxygen atoms in total. The van der Waals surface area contributed by atoms with Crippen LogP contribution in [-0.2, 0) is 13.1 Å². The van der Waals surface area contributed by atoms with Crippen LogP contribution in [0.4, 0.5) is 5.82 Å². The number of aryl methyl sites for hydroxylation is 1. The monoisotopic (exact) mass is 269 g/mol. The summed E-state index contributed by atoms with van der Waals surface area (Å²) in [6, 6.07) is 8.15. The van der Waals surface area contributed by atoms with Crippen LogP contribution >= 0.6 is 0 Å². The highest BCUT2D eigenvalue weighted by molar-refractivity contribution is 5.87. The maximum Gasteiger partial charge on any atom is 0.263 e. The average Bonchev–Trinajstić information content (AvgIpc) is 2.88. The van der Waals surface area contributed by atoms with Gasteiger partial charge in [0.2, 0.25) is 0 Å². The standard InChI is InChI=1S/C14H15N5O/c1-9-12-13(17-8-18-14(12)20-19-9)16-7-11-4-2-10(6-15)3-5-11/h2-5,8H,6-7,15H2,1H3,(H,16,17,18). The van der Waals surface area contributed by atoms with Crippen molar-refractivity contribution in [3.05, 3.63) is 47.4 Å². The molecule has 0 saturated carbocycles. The number of nitrogens with one attached hydrogen (secondary N) is 1. The van der Waals surface area contributed by atoms with Crippen LogP contribution in [0.1, 0.15) is 16.8 Å². The van der Waals surface area contributed by atoms with E-state index < -0.39 is 0 Å². The Balaban J connectivity index is 1.81. The first-order valence-electron chi connectivity index (χ1n) is 6.36. The number of nitrogens with two attached hydrogens (primary N) is 1. The fourth-order valence-corrected chi connectivity index (χ4v) is 2.04. The molecule has 0 radical (unpaired) electrons. The van der Waals surface area contributed by atoms with Gasteiger partial charge in [0.05, 0.1) is 5.69 Å². The molecule has 0 aliphatic rings. The van der Waals surface area contributed by atoms with Crippen molar-refractivity contribution < 1.29 is 4.52 Å². The molecule has 0 spiro atoms. The van der Waals surface area contributed by atoms with Crippen molar-refractivity contribution in [2.24, 2.45) is 5.73 Å². The third kappa shape index (κ3) is 2.33. The minimum Gasteiger partial charge on any atom is -0.365 e. The maximum atomic E-state index is 5.58. The molecule has 0 aliphatic heterocycles. The summed E-state index contributed by atoms with van der Waals surface area (Å²) in [6.45, 7) is 3.10. The molecule has 2 aromatic heterocycles. The van der Waals surface area contributed by atoms with E-state index in [4.69, 9.17) is 10.3 Å². The van der Waals surface area contributed by atoms with Crippen molar-refractivity contribution in [3.8, 4) is 0 Å². The maximum absolute atomic E-state index is 5.58. The van der Waals surface area contributed by atoms with E-state index in [1.54, 1.807) is 0 Å². The number of hydrogen-bond donors (Lipinski definition) is 2. The Morgan fingerprint density at radius 3 is 2.65 bits per heavy atom. The van der Waals surface area contributed by atoms with E-state index in [1.165, 1.54) is 6.33 Å². The Hall–Kier alpha value is -2.47. The molecule has 20 heavy (non-hydrogen) atoms. The van der Waals surface area contributed by atoms with Crippen LogP contribution in [-0.4, -0.2) is 15.1 Å². The van der Waals surface area contributed by atoms with E-state index in [0.29, 0.717) is 18.8 Å². The van der Waals surface area contributed by atoms with Crippen LogP contribution in [0, 0.1) is 6.92 Å². The molecule has 0 amide bonds. The zero-order valence-corrected chi connectivity index (χ0v) is 11.1. The van der Waals surface area contributed by atoms with Crippen LogP contribution in [0.2, 0.25) is 0 Å². The highest BCUT2D eigenvalue weighted by atomic mass is 16.5. The molecule has 0 atom stereocenters. The number of rotatable bonds is 4. The van der Waals surface area contributed by atoms with Crippen molar-refractivity contribution >= 4 is 16.9 Å². The van der Waals surface area contributed by atoms with Crippen LogP contribution in [0.25, 0.3) is 11.1 Å². The molecule has 6 heteroatoms. The fraction of sp³-hybridized carbons (Fsp3) is 0.214. The Morgan fingerprint density at radius 1 is 1.15 bits per heavy atom. The van der Waals surface area contributed by atoms with Gasteiger partial charge in [-0.2, -0.15) is 4.98 Å². The summed E-state index contributed by atoms with van der Waals surface area (Å²) >= 11 is 0. The van der Waals surface area contributed by atoms with Crippen molar-refractivity contribution in [1.82, 2.24) is 15.1 Å². The first kappa shape index (κ1) is 12.6. The van der Waals surface area contributed by atoms with Gasteiger partial charge >= 0.3 is 0 Å². The predicted octanol–water partition coefficient (Wildman–Crippen LogP) is 2.00. The first-order chi connectivity index (χ1) is 9.78. The van der Waals surface area contributed by atoms with E-state index in [2.05, 4.69) is 20.4 Å². The quantitative estimate of drug-likeness (QED) is 0.753. The molecule has 2 heterocycles. The second kappa shape index (κ2) is 5.26. The van der Waals surface area contributed by atoms with Gasteiger partial charge in [0, 0.05) is 13.1 Å². The smallest absolute Gasteiger partial charge is 0.263 e. The van der Waals surface area contributed by atoms with Gasteiger partial charge in [0.1, 0.15) is 17.5 Å².